The standard InChI is InChI=1S/C21H33N3O5S/c1-4-6-7-17(5-2)15-22-21(25)18-10-12-23(13-11-18)30(28,29)20-14-19(24(26)27)9-8-16(20)3/h8-9,14,17-18H,4-7,10-13,15H2,1-3H3,(H,22,25). The number of nitro benzene ring substituents is 1. The molecule has 2 rings (SSSR count). The van der Waals surface area contributed by atoms with Gasteiger partial charge in [0.1, 0.15) is 0 Å². The van der Waals surface area contributed by atoms with Gasteiger partial charge in [-0.05, 0) is 37.7 Å². The summed E-state index contributed by atoms with van der Waals surface area (Å²) in [5.74, 6) is 0.270. The summed E-state index contributed by atoms with van der Waals surface area (Å²) in [7, 11) is -3.84. The monoisotopic (exact) mass is 439 g/mol. The van der Waals surface area contributed by atoms with Gasteiger partial charge in [-0.1, -0.05) is 39.2 Å². The minimum atomic E-state index is -3.84. The second kappa shape index (κ2) is 10.9. The highest BCUT2D eigenvalue weighted by Gasteiger charge is 2.33. The van der Waals surface area contributed by atoms with Crippen molar-refractivity contribution in [3.63, 3.8) is 0 Å². The first-order valence-corrected chi connectivity index (χ1v) is 12.2. The van der Waals surface area contributed by atoms with Gasteiger partial charge in [-0.3, -0.25) is 14.9 Å². The number of piperidine rings is 1. The number of carbonyl (C=O) groups excluding carboxylic acids is 1. The molecule has 9 heteroatoms. The Kier molecular flexibility index (Phi) is 8.78. The Balaban J connectivity index is 1.97. The molecule has 1 saturated heterocycles. The van der Waals surface area contributed by atoms with Gasteiger partial charge in [0.05, 0.1) is 9.82 Å². The molecule has 0 aliphatic carbocycles. The number of amides is 1. The van der Waals surface area contributed by atoms with Gasteiger partial charge in [-0.25, -0.2) is 8.42 Å². The van der Waals surface area contributed by atoms with Crippen LogP contribution < -0.4 is 5.32 Å². The Labute approximate surface area is 179 Å². The van der Waals surface area contributed by atoms with Gasteiger partial charge in [0.25, 0.3) is 5.69 Å². The van der Waals surface area contributed by atoms with Crippen LogP contribution in [0.3, 0.4) is 0 Å². The molecule has 1 aliphatic rings. The third-order valence-electron chi connectivity index (χ3n) is 5.93. The summed E-state index contributed by atoms with van der Waals surface area (Å²) in [6.45, 7) is 7.04. The van der Waals surface area contributed by atoms with E-state index in [1.165, 1.54) is 16.4 Å². The molecule has 8 nitrogen and oxygen atoms in total. The van der Waals surface area contributed by atoms with E-state index in [1.807, 2.05) is 0 Å². The van der Waals surface area contributed by atoms with Crippen molar-refractivity contribution in [2.24, 2.45) is 11.8 Å². The number of non-ortho nitro benzene ring substituents is 1. The lowest BCUT2D eigenvalue weighted by Crippen LogP contribution is -2.43. The lowest BCUT2D eigenvalue weighted by molar-refractivity contribution is -0.385. The molecule has 1 aromatic carbocycles. The first-order chi connectivity index (χ1) is 14.2. The third-order valence-corrected chi connectivity index (χ3v) is 7.97. The Hall–Kier alpha value is -2.00. The van der Waals surface area contributed by atoms with E-state index < -0.39 is 14.9 Å². The average Bonchev–Trinajstić information content (AvgIpc) is 2.73. The zero-order chi connectivity index (χ0) is 22.3. The van der Waals surface area contributed by atoms with Crippen LogP contribution in [0.5, 0.6) is 0 Å². The van der Waals surface area contributed by atoms with Crippen LogP contribution in [0.2, 0.25) is 0 Å². The second-order valence-corrected chi connectivity index (χ2v) is 9.95. The molecular weight excluding hydrogens is 406 g/mol. The van der Waals surface area contributed by atoms with E-state index in [1.54, 1.807) is 6.92 Å². The van der Waals surface area contributed by atoms with Gasteiger partial charge in [-0.2, -0.15) is 4.31 Å². The molecule has 1 heterocycles. The highest BCUT2D eigenvalue weighted by atomic mass is 32.2. The number of nitrogens with zero attached hydrogens (tertiary/aromatic N) is 2. The topological polar surface area (TPSA) is 110 Å². The fourth-order valence-electron chi connectivity index (χ4n) is 3.81. The number of carbonyl (C=O) groups is 1. The fraction of sp³-hybridized carbons (Fsp3) is 0.667. The van der Waals surface area contributed by atoms with E-state index in [0.29, 0.717) is 30.9 Å². The van der Waals surface area contributed by atoms with Crippen molar-refractivity contribution in [2.75, 3.05) is 19.6 Å². The van der Waals surface area contributed by atoms with Crippen molar-refractivity contribution < 1.29 is 18.1 Å². The summed E-state index contributed by atoms with van der Waals surface area (Å²) in [5.41, 5.74) is 0.222. The molecule has 0 radical (unpaired) electrons. The van der Waals surface area contributed by atoms with E-state index in [9.17, 15) is 23.3 Å². The van der Waals surface area contributed by atoms with Crippen molar-refractivity contribution in [1.82, 2.24) is 9.62 Å². The van der Waals surface area contributed by atoms with Crippen molar-refractivity contribution in [3.05, 3.63) is 33.9 Å². The Morgan fingerprint density at radius 2 is 1.97 bits per heavy atom. The van der Waals surface area contributed by atoms with E-state index in [0.717, 1.165) is 31.7 Å². The predicted molar refractivity (Wildman–Crippen MR) is 116 cm³/mol. The lowest BCUT2D eigenvalue weighted by Gasteiger charge is -2.31. The first-order valence-electron chi connectivity index (χ1n) is 10.7. The molecule has 1 aliphatic heterocycles. The maximum atomic E-state index is 13.0. The third kappa shape index (κ3) is 6.01. The van der Waals surface area contributed by atoms with Crippen molar-refractivity contribution >= 4 is 21.6 Å². The number of hydrogen-bond donors (Lipinski definition) is 1. The summed E-state index contributed by atoms with van der Waals surface area (Å²) >= 11 is 0. The molecular formula is C21H33N3O5S. The van der Waals surface area contributed by atoms with Gasteiger partial charge in [0.15, 0.2) is 0 Å². The second-order valence-electron chi connectivity index (χ2n) is 8.05. The lowest BCUT2D eigenvalue weighted by atomic mass is 9.95. The van der Waals surface area contributed by atoms with Crippen LogP contribution in [-0.2, 0) is 14.8 Å². The van der Waals surface area contributed by atoms with E-state index in [-0.39, 0.29) is 35.5 Å². The molecule has 1 amide bonds. The molecule has 0 bridgehead atoms. The Bertz CT molecular complexity index is 848. The minimum Gasteiger partial charge on any atom is -0.356 e. The number of sulfonamides is 1. The van der Waals surface area contributed by atoms with Crippen LogP contribution >= 0.6 is 0 Å². The van der Waals surface area contributed by atoms with Crippen LogP contribution in [-0.4, -0.2) is 43.2 Å². The smallest absolute Gasteiger partial charge is 0.270 e. The maximum Gasteiger partial charge on any atom is 0.270 e. The molecule has 0 saturated carbocycles. The number of aryl methyl sites for hydroxylation is 1. The number of hydrogen-bond acceptors (Lipinski definition) is 5. The Morgan fingerprint density at radius 3 is 2.53 bits per heavy atom. The number of nitrogens with one attached hydrogen (secondary N) is 1. The molecule has 1 N–H and O–H groups in total. The Morgan fingerprint density at radius 1 is 1.30 bits per heavy atom. The van der Waals surface area contributed by atoms with Crippen LogP contribution in [0.4, 0.5) is 5.69 Å². The van der Waals surface area contributed by atoms with Gasteiger partial charge < -0.3 is 5.32 Å². The van der Waals surface area contributed by atoms with Crippen LogP contribution in [0, 0.1) is 28.9 Å². The van der Waals surface area contributed by atoms with Gasteiger partial charge in [0.2, 0.25) is 15.9 Å². The summed E-state index contributed by atoms with van der Waals surface area (Å²) < 4.78 is 27.4. The largest absolute Gasteiger partial charge is 0.356 e. The zero-order valence-electron chi connectivity index (χ0n) is 18.1. The summed E-state index contributed by atoms with van der Waals surface area (Å²) in [6.07, 6.45) is 5.32. The summed E-state index contributed by atoms with van der Waals surface area (Å²) in [6, 6.07) is 3.87. The van der Waals surface area contributed by atoms with Crippen LogP contribution in [0.25, 0.3) is 0 Å². The molecule has 0 aromatic heterocycles. The summed E-state index contributed by atoms with van der Waals surface area (Å²) in [4.78, 5) is 22.9. The van der Waals surface area contributed by atoms with E-state index in [4.69, 9.17) is 0 Å². The average molecular weight is 440 g/mol. The molecule has 1 aromatic rings. The van der Waals surface area contributed by atoms with Crippen LogP contribution in [0.1, 0.15) is 57.9 Å². The molecule has 30 heavy (non-hydrogen) atoms. The molecule has 1 fully saturated rings. The molecule has 168 valence electrons. The van der Waals surface area contributed by atoms with Crippen molar-refractivity contribution in [3.8, 4) is 0 Å². The number of benzene rings is 1. The molecule has 0 spiro atoms. The fourth-order valence-corrected chi connectivity index (χ4v) is 5.52. The van der Waals surface area contributed by atoms with Gasteiger partial charge >= 0.3 is 0 Å². The first kappa shape index (κ1) is 24.3. The quantitative estimate of drug-likeness (QED) is 0.442. The highest BCUT2D eigenvalue weighted by molar-refractivity contribution is 7.89. The van der Waals surface area contributed by atoms with Gasteiger partial charge in [0, 0.05) is 37.7 Å². The number of unbranched alkanes of at least 4 members (excludes halogenated alkanes) is 1. The van der Waals surface area contributed by atoms with Crippen molar-refractivity contribution in [2.45, 2.75) is 64.2 Å². The highest BCUT2D eigenvalue weighted by Crippen LogP contribution is 2.28. The van der Waals surface area contributed by atoms with E-state index >= 15 is 0 Å². The SMILES string of the molecule is CCCCC(CC)CNC(=O)C1CCN(S(=O)(=O)c2cc([N+](=O)[O-])ccc2C)CC1. The maximum absolute atomic E-state index is 13.0. The van der Waals surface area contributed by atoms with E-state index in [2.05, 4.69) is 19.2 Å². The minimum absolute atomic E-state index is 0.00599. The zero-order valence-corrected chi connectivity index (χ0v) is 18.9. The van der Waals surface area contributed by atoms with Crippen LogP contribution in [0.15, 0.2) is 23.1 Å². The van der Waals surface area contributed by atoms with Crippen molar-refractivity contribution in [1.29, 1.82) is 0 Å². The number of nitro groups is 1. The molecule has 1 unspecified atom stereocenters. The summed E-state index contributed by atoms with van der Waals surface area (Å²) in [5, 5.41) is 14.1. The molecule has 1 atom stereocenters. The normalized spacial score (nSPS) is 16.9. The van der Waals surface area contributed by atoms with Gasteiger partial charge in [-0.15, -0.1) is 0 Å². The number of rotatable bonds is 10. The predicted octanol–water partition coefficient (Wildman–Crippen LogP) is 3.64.